The normalized spacial score (nSPS) is 10.1. The van der Waals surface area contributed by atoms with Crippen LogP contribution in [0.2, 0.25) is 5.02 Å². The Morgan fingerprint density at radius 3 is 2.62 bits per heavy atom. The molecule has 0 atom stereocenters. The summed E-state index contributed by atoms with van der Waals surface area (Å²) in [4.78, 5) is 11.6. The van der Waals surface area contributed by atoms with E-state index in [1.807, 2.05) is 0 Å². The second-order valence-corrected chi connectivity index (χ2v) is 4.10. The lowest BCUT2D eigenvalue weighted by atomic mass is 10.2. The van der Waals surface area contributed by atoms with E-state index in [1.54, 1.807) is 18.2 Å². The number of hydrazine groups is 2. The number of rotatable bonds is 2. The molecule has 0 fully saturated rings. The minimum absolute atomic E-state index is 0.497. The fourth-order valence-electron chi connectivity index (χ4n) is 1.18. The highest BCUT2D eigenvalue weighted by Crippen LogP contribution is 2.28. The molecule has 16 heavy (non-hydrogen) atoms. The number of alkyl halides is 1. The molecule has 0 radical (unpaired) electrons. The van der Waals surface area contributed by atoms with Crippen LogP contribution in [0.25, 0.3) is 0 Å². The zero-order chi connectivity index (χ0) is 12.3. The van der Waals surface area contributed by atoms with Gasteiger partial charge in [0.1, 0.15) is 0 Å². The predicted octanol–water partition coefficient (Wildman–Crippen LogP) is 1.84. The number of urea groups is 1. The van der Waals surface area contributed by atoms with Crippen LogP contribution in [0.15, 0.2) is 18.2 Å². The van der Waals surface area contributed by atoms with Gasteiger partial charge in [0.2, 0.25) is 0 Å². The van der Waals surface area contributed by atoms with Crippen molar-refractivity contribution in [2.45, 2.75) is 5.33 Å². The molecule has 0 aromatic heterocycles. The van der Waals surface area contributed by atoms with Gasteiger partial charge in [-0.2, -0.15) is 0 Å². The number of anilines is 1. The molecule has 0 heterocycles. The number of carbonyl (C=O) groups excluding carboxylic acids is 1. The largest absolute Gasteiger partial charge is 0.352 e. The number of nitrogens with two attached hydrogens (primary N) is 2. The molecular formula is C9H12BrClN4O. The number of nitrogens with zero attached hydrogens (tertiary/aromatic N) is 2. The molecule has 0 spiro atoms. The number of halogens is 2. The Bertz CT molecular complexity index is 399. The zero-order valence-electron chi connectivity index (χ0n) is 8.65. The van der Waals surface area contributed by atoms with Gasteiger partial charge in [-0.1, -0.05) is 33.6 Å². The summed E-state index contributed by atoms with van der Waals surface area (Å²) in [6.07, 6.45) is 0. The molecule has 88 valence electrons. The molecule has 1 rings (SSSR count). The highest BCUT2D eigenvalue weighted by molar-refractivity contribution is 9.08. The van der Waals surface area contributed by atoms with Crippen LogP contribution in [0, 0.1) is 0 Å². The Balaban J connectivity index is 3.13. The lowest BCUT2D eigenvalue weighted by molar-refractivity contribution is 0.216. The molecule has 1 aromatic carbocycles. The van der Waals surface area contributed by atoms with Gasteiger partial charge < -0.3 is 0 Å². The number of hydrogen-bond acceptors (Lipinski definition) is 3. The summed E-state index contributed by atoms with van der Waals surface area (Å²) in [7, 11) is 1.42. The van der Waals surface area contributed by atoms with Gasteiger partial charge in [-0.15, -0.1) is 0 Å². The second-order valence-electron chi connectivity index (χ2n) is 3.13. The standard InChI is InChI=1S/C9H12BrClN4O/c1-14(12)9(16)15(13)8-4-2-3-7(11)6(8)5-10/h2-4H,5,12-13H2,1H3. The summed E-state index contributed by atoms with van der Waals surface area (Å²) in [6, 6.07) is 4.62. The Kier molecular flexibility index (Phi) is 4.55. The van der Waals surface area contributed by atoms with E-state index in [4.69, 9.17) is 23.3 Å². The first kappa shape index (κ1) is 13.2. The fourth-order valence-corrected chi connectivity index (χ4v) is 2.17. The SMILES string of the molecule is CN(N)C(=O)N(N)c1cccc(Cl)c1CBr. The van der Waals surface area contributed by atoms with Gasteiger partial charge >= 0.3 is 6.03 Å². The molecule has 2 amide bonds. The van der Waals surface area contributed by atoms with E-state index in [-0.39, 0.29) is 0 Å². The minimum Gasteiger partial charge on any atom is -0.264 e. The van der Waals surface area contributed by atoms with Gasteiger partial charge in [0, 0.05) is 23.0 Å². The Hall–Kier alpha value is -0.820. The summed E-state index contributed by atoms with van der Waals surface area (Å²) >= 11 is 9.28. The zero-order valence-corrected chi connectivity index (χ0v) is 11.0. The third kappa shape index (κ3) is 2.65. The first-order valence-electron chi connectivity index (χ1n) is 4.39. The molecule has 0 unspecified atom stereocenters. The Morgan fingerprint density at radius 2 is 2.12 bits per heavy atom. The number of benzene rings is 1. The molecule has 0 aliphatic rings. The Morgan fingerprint density at radius 1 is 1.50 bits per heavy atom. The maximum Gasteiger partial charge on any atom is 0.352 e. The molecule has 7 heteroatoms. The van der Waals surface area contributed by atoms with Crippen molar-refractivity contribution in [3.05, 3.63) is 28.8 Å². The molecule has 0 aliphatic carbocycles. The molecule has 4 N–H and O–H groups in total. The average molecular weight is 308 g/mol. The van der Waals surface area contributed by atoms with E-state index in [0.29, 0.717) is 16.0 Å². The van der Waals surface area contributed by atoms with E-state index >= 15 is 0 Å². The molecule has 0 saturated carbocycles. The van der Waals surface area contributed by atoms with Gasteiger partial charge in [-0.05, 0) is 12.1 Å². The van der Waals surface area contributed by atoms with Crippen molar-refractivity contribution in [3.8, 4) is 0 Å². The van der Waals surface area contributed by atoms with Crippen LogP contribution in [-0.4, -0.2) is 18.1 Å². The van der Waals surface area contributed by atoms with Crippen LogP contribution >= 0.6 is 27.5 Å². The summed E-state index contributed by atoms with van der Waals surface area (Å²) in [5.74, 6) is 11.0. The van der Waals surface area contributed by atoms with E-state index in [9.17, 15) is 4.79 Å². The van der Waals surface area contributed by atoms with Gasteiger partial charge in [0.05, 0.1) is 5.69 Å². The van der Waals surface area contributed by atoms with E-state index in [1.165, 1.54) is 7.05 Å². The van der Waals surface area contributed by atoms with Crippen molar-refractivity contribution in [1.82, 2.24) is 5.01 Å². The topological polar surface area (TPSA) is 75.6 Å². The maximum absolute atomic E-state index is 11.6. The van der Waals surface area contributed by atoms with Crippen LogP contribution in [0.5, 0.6) is 0 Å². The van der Waals surface area contributed by atoms with Crippen LogP contribution < -0.4 is 16.7 Å². The first-order valence-corrected chi connectivity index (χ1v) is 5.89. The van der Waals surface area contributed by atoms with E-state index in [2.05, 4.69) is 15.9 Å². The fraction of sp³-hybridized carbons (Fsp3) is 0.222. The van der Waals surface area contributed by atoms with Crippen molar-refractivity contribution in [3.63, 3.8) is 0 Å². The van der Waals surface area contributed by atoms with Crippen LogP contribution in [0.4, 0.5) is 10.5 Å². The average Bonchev–Trinajstić information content (AvgIpc) is 2.26. The lowest BCUT2D eigenvalue weighted by Crippen LogP contribution is -2.48. The maximum atomic E-state index is 11.6. The lowest BCUT2D eigenvalue weighted by Gasteiger charge is -2.23. The van der Waals surface area contributed by atoms with E-state index < -0.39 is 6.03 Å². The third-order valence-corrected chi connectivity index (χ3v) is 2.91. The molecule has 0 aliphatic heterocycles. The van der Waals surface area contributed by atoms with Crippen molar-refractivity contribution in [1.29, 1.82) is 0 Å². The van der Waals surface area contributed by atoms with Gasteiger partial charge in [-0.25, -0.2) is 21.5 Å². The van der Waals surface area contributed by atoms with Gasteiger partial charge in [-0.3, -0.25) is 5.01 Å². The first-order chi connectivity index (χ1) is 7.49. The van der Waals surface area contributed by atoms with Crippen LogP contribution in [0.1, 0.15) is 5.56 Å². The third-order valence-electron chi connectivity index (χ3n) is 2.00. The van der Waals surface area contributed by atoms with Crippen LogP contribution in [-0.2, 0) is 5.33 Å². The van der Waals surface area contributed by atoms with Gasteiger partial charge in [0.15, 0.2) is 0 Å². The quantitative estimate of drug-likeness (QED) is 0.379. The number of hydrogen-bond donors (Lipinski definition) is 2. The molecule has 5 nitrogen and oxygen atoms in total. The predicted molar refractivity (Wildman–Crippen MR) is 68.1 cm³/mol. The minimum atomic E-state index is -0.524. The summed E-state index contributed by atoms with van der Waals surface area (Å²) in [5.41, 5.74) is 1.26. The van der Waals surface area contributed by atoms with Gasteiger partial charge in [0.25, 0.3) is 0 Å². The highest BCUT2D eigenvalue weighted by Gasteiger charge is 2.18. The summed E-state index contributed by atoms with van der Waals surface area (Å²) < 4.78 is 0. The monoisotopic (exact) mass is 306 g/mol. The summed E-state index contributed by atoms with van der Waals surface area (Å²) in [5, 5.41) is 2.90. The van der Waals surface area contributed by atoms with Crippen molar-refractivity contribution in [2.24, 2.45) is 11.7 Å². The molecular weight excluding hydrogens is 295 g/mol. The summed E-state index contributed by atoms with van der Waals surface area (Å²) in [6.45, 7) is 0. The van der Waals surface area contributed by atoms with E-state index in [0.717, 1.165) is 15.6 Å². The van der Waals surface area contributed by atoms with Crippen molar-refractivity contribution in [2.75, 3.05) is 12.1 Å². The number of amides is 2. The molecule has 0 bridgehead atoms. The highest BCUT2D eigenvalue weighted by atomic mass is 79.9. The number of carbonyl (C=O) groups is 1. The van der Waals surface area contributed by atoms with Crippen LogP contribution in [0.3, 0.4) is 0 Å². The Labute approximate surface area is 107 Å². The van der Waals surface area contributed by atoms with Crippen molar-refractivity contribution < 1.29 is 4.79 Å². The van der Waals surface area contributed by atoms with Crippen molar-refractivity contribution >= 4 is 39.2 Å². The smallest absolute Gasteiger partial charge is 0.264 e. The molecule has 0 saturated heterocycles. The molecule has 1 aromatic rings. The second kappa shape index (κ2) is 5.49.